The molecule has 0 spiro atoms. The average molecular weight is 398 g/mol. The minimum atomic E-state index is -0.246. The molecule has 2 aromatic rings. The van der Waals surface area contributed by atoms with Crippen LogP contribution in [0.2, 0.25) is 0 Å². The summed E-state index contributed by atoms with van der Waals surface area (Å²) in [6, 6.07) is 6.68. The van der Waals surface area contributed by atoms with E-state index in [2.05, 4.69) is 15.3 Å². The summed E-state index contributed by atoms with van der Waals surface area (Å²) in [4.78, 5) is 27.9. The van der Waals surface area contributed by atoms with Crippen molar-refractivity contribution in [2.45, 2.75) is 32.0 Å². The van der Waals surface area contributed by atoms with Crippen molar-refractivity contribution < 1.29 is 9.18 Å². The van der Waals surface area contributed by atoms with E-state index in [0.29, 0.717) is 19.6 Å². The number of nitrogens with one attached hydrogen (secondary N) is 1. The minimum Gasteiger partial charge on any atom is -0.355 e. The smallest absolute Gasteiger partial charge is 0.242 e. The second-order valence-electron chi connectivity index (χ2n) is 7.86. The van der Waals surface area contributed by atoms with Crippen LogP contribution in [0.3, 0.4) is 0 Å². The molecule has 3 heterocycles. The minimum absolute atomic E-state index is 0.117. The Balaban J connectivity index is 1.64. The summed E-state index contributed by atoms with van der Waals surface area (Å²) < 4.78 is 13.2. The van der Waals surface area contributed by atoms with Crippen LogP contribution in [0.1, 0.15) is 24.0 Å². The SMILES string of the molecule is CN1CC(=O)N(C2CCCNC2)Cc2c1ncnc2N(C)Cc1ccc(F)cc1. The van der Waals surface area contributed by atoms with E-state index < -0.39 is 0 Å². The molecule has 1 atom stereocenters. The molecule has 29 heavy (non-hydrogen) atoms. The molecule has 1 aromatic heterocycles. The number of nitrogens with zero attached hydrogens (tertiary/aromatic N) is 5. The first-order chi connectivity index (χ1) is 14.0. The van der Waals surface area contributed by atoms with E-state index in [1.165, 1.54) is 12.1 Å². The summed E-state index contributed by atoms with van der Waals surface area (Å²) in [6.45, 7) is 3.21. The van der Waals surface area contributed by atoms with Crippen LogP contribution in [0.4, 0.5) is 16.0 Å². The summed E-state index contributed by atoms with van der Waals surface area (Å²) >= 11 is 0. The number of piperidine rings is 1. The first-order valence-electron chi connectivity index (χ1n) is 10.0. The van der Waals surface area contributed by atoms with Crippen molar-refractivity contribution in [1.82, 2.24) is 20.2 Å². The molecule has 2 aliphatic rings. The van der Waals surface area contributed by atoms with Crippen LogP contribution >= 0.6 is 0 Å². The summed E-state index contributed by atoms with van der Waals surface area (Å²) in [5.41, 5.74) is 1.95. The molecule has 8 heteroatoms. The third-order valence-electron chi connectivity index (χ3n) is 5.69. The van der Waals surface area contributed by atoms with Crippen molar-refractivity contribution in [2.24, 2.45) is 0 Å². The fourth-order valence-electron chi connectivity index (χ4n) is 4.19. The molecular formula is C21H27FN6O. The summed E-state index contributed by atoms with van der Waals surface area (Å²) in [6.07, 6.45) is 3.63. The number of hydrogen-bond acceptors (Lipinski definition) is 6. The Kier molecular flexibility index (Phi) is 5.62. The third kappa shape index (κ3) is 4.17. The molecule has 1 unspecified atom stereocenters. The molecule has 1 N–H and O–H groups in total. The van der Waals surface area contributed by atoms with Gasteiger partial charge in [-0.25, -0.2) is 14.4 Å². The lowest BCUT2D eigenvalue weighted by atomic mass is 10.0. The number of carbonyl (C=O) groups is 1. The van der Waals surface area contributed by atoms with Crippen LogP contribution in [-0.2, 0) is 17.9 Å². The summed E-state index contributed by atoms with van der Waals surface area (Å²) in [7, 11) is 3.86. The predicted octanol–water partition coefficient (Wildman–Crippen LogP) is 1.78. The number of aromatic nitrogens is 2. The highest BCUT2D eigenvalue weighted by molar-refractivity contribution is 5.84. The molecular weight excluding hydrogens is 371 g/mol. The summed E-state index contributed by atoms with van der Waals surface area (Å²) in [5, 5.41) is 3.40. The van der Waals surface area contributed by atoms with Crippen molar-refractivity contribution in [3.63, 3.8) is 0 Å². The number of rotatable bonds is 4. The topological polar surface area (TPSA) is 64.6 Å². The lowest BCUT2D eigenvalue weighted by Crippen LogP contribution is -2.49. The fraction of sp³-hybridized carbons (Fsp3) is 0.476. The van der Waals surface area contributed by atoms with Gasteiger partial charge in [0.15, 0.2) is 0 Å². The van der Waals surface area contributed by atoms with Crippen molar-refractivity contribution in [2.75, 3.05) is 43.5 Å². The molecule has 1 aromatic carbocycles. The Hall–Kier alpha value is -2.74. The second-order valence-corrected chi connectivity index (χ2v) is 7.86. The second kappa shape index (κ2) is 8.32. The van der Waals surface area contributed by atoms with Gasteiger partial charge < -0.3 is 20.0 Å². The number of hydrogen-bond donors (Lipinski definition) is 1. The van der Waals surface area contributed by atoms with Crippen LogP contribution in [-0.4, -0.2) is 60.5 Å². The van der Waals surface area contributed by atoms with Gasteiger partial charge in [0.2, 0.25) is 5.91 Å². The highest BCUT2D eigenvalue weighted by atomic mass is 19.1. The number of anilines is 2. The standard InChI is InChI=1S/C21H27FN6O/c1-26(11-15-5-7-16(22)8-6-15)20-18-12-28(17-4-3-9-23-10-17)19(29)13-27(2)21(18)25-14-24-20/h5-8,14,17,23H,3-4,9-13H2,1-2H3. The zero-order chi connectivity index (χ0) is 20.4. The lowest BCUT2D eigenvalue weighted by Gasteiger charge is -2.34. The number of amides is 1. The van der Waals surface area contributed by atoms with E-state index in [1.807, 2.05) is 28.8 Å². The van der Waals surface area contributed by atoms with E-state index >= 15 is 0 Å². The Morgan fingerprint density at radius 3 is 2.76 bits per heavy atom. The zero-order valence-electron chi connectivity index (χ0n) is 16.9. The zero-order valence-corrected chi connectivity index (χ0v) is 16.9. The Morgan fingerprint density at radius 2 is 2.03 bits per heavy atom. The van der Waals surface area contributed by atoms with Crippen molar-refractivity contribution in [3.8, 4) is 0 Å². The largest absolute Gasteiger partial charge is 0.355 e. The molecule has 1 fully saturated rings. The Morgan fingerprint density at radius 1 is 1.24 bits per heavy atom. The fourth-order valence-corrected chi connectivity index (χ4v) is 4.19. The van der Waals surface area contributed by atoms with Crippen LogP contribution in [0.15, 0.2) is 30.6 Å². The molecule has 1 saturated heterocycles. The number of likely N-dealkylation sites (N-methyl/N-ethyl adjacent to an activating group) is 1. The number of halogens is 1. The van der Waals surface area contributed by atoms with Gasteiger partial charge in [-0.3, -0.25) is 4.79 Å². The molecule has 0 aliphatic carbocycles. The highest BCUT2D eigenvalue weighted by Gasteiger charge is 2.32. The number of fused-ring (bicyclic) bond motifs is 1. The first-order valence-corrected chi connectivity index (χ1v) is 10.0. The van der Waals surface area contributed by atoms with Gasteiger partial charge in [0.1, 0.15) is 23.8 Å². The van der Waals surface area contributed by atoms with E-state index in [-0.39, 0.29) is 17.8 Å². The Labute approximate surface area is 170 Å². The Bertz CT molecular complexity index is 868. The quantitative estimate of drug-likeness (QED) is 0.847. The van der Waals surface area contributed by atoms with E-state index in [0.717, 1.165) is 48.7 Å². The van der Waals surface area contributed by atoms with Crippen molar-refractivity contribution >= 4 is 17.5 Å². The summed E-state index contributed by atoms with van der Waals surface area (Å²) in [5.74, 6) is 1.46. The molecule has 2 aliphatic heterocycles. The van der Waals surface area contributed by atoms with E-state index in [4.69, 9.17) is 0 Å². The van der Waals surface area contributed by atoms with Gasteiger partial charge in [-0.15, -0.1) is 0 Å². The average Bonchev–Trinajstić information content (AvgIpc) is 2.86. The van der Waals surface area contributed by atoms with Gasteiger partial charge in [-0.1, -0.05) is 12.1 Å². The van der Waals surface area contributed by atoms with Gasteiger partial charge in [0, 0.05) is 33.2 Å². The molecule has 0 saturated carbocycles. The van der Waals surface area contributed by atoms with Crippen LogP contribution in [0, 0.1) is 5.82 Å². The van der Waals surface area contributed by atoms with Gasteiger partial charge in [-0.2, -0.15) is 0 Å². The third-order valence-corrected chi connectivity index (χ3v) is 5.69. The molecule has 7 nitrogen and oxygen atoms in total. The predicted molar refractivity (Wildman–Crippen MR) is 110 cm³/mol. The number of benzene rings is 1. The van der Waals surface area contributed by atoms with Crippen LogP contribution in [0.5, 0.6) is 0 Å². The first kappa shape index (κ1) is 19.6. The van der Waals surface area contributed by atoms with Crippen molar-refractivity contribution in [1.29, 1.82) is 0 Å². The van der Waals surface area contributed by atoms with Crippen LogP contribution in [0.25, 0.3) is 0 Å². The molecule has 0 radical (unpaired) electrons. The molecule has 0 bridgehead atoms. The normalized spacial score (nSPS) is 19.7. The highest BCUT2D eigenvalue weighted by Crippen LogP contribution is 2.31. The maximum absolute atomic E-state index is 13.2. The monoisotopic (exact) mass is 398 g/mol. The van der Waals surface area contributed by atoms with Gasteiger partial charge in [0.05, 0.1) is 18.7 Å². The molecule has 154 valence electrons. The van der Waals surface area contributed by atoms with E-state index in [9.17, 15) is 9.18 Å². The van der Waals surface area contributed by atoms with Gasteiger partial charge in [0.25, 0.3) is 0 Å². The van der Waals surface area contributed by atoms with Gasteiger partial charge in [-0.05, 0) is 37.1 Å². The van der Waals surface area contributed by atoms with Gasteiger partial charge >= 0.3 is 0 Å². The number of carbonyl (C=O) groups excluding carboxylic acids is 1. The molecule has 1 amide bonds. The van der Waals surface area contributed by atoms with E-state index in [1.54, 1.807) is 18.5 Å². The molecule has 4 rings (SSSR count). The maximum atomic E-state index is 13.2. The van der Waals surface area contributed by atoms with Crippen LogP contribution < -0.4 is 15.1 Å². The van der Waals surface area contributed by atoms with Crippen molar-refractivity contribution in [3.05, 3.63) is 47.5 Å². The maximum Gasteiger partial charge on any atom is 0.242 e. The lowest BCUT2D eigenvalue weighted by molar-refractivity contribution is -0.132.